The van der Waals surface area contributed by atoms with E-state index in [1.54, 1.807) is 18.1 Å². The summed E-state index contributed by atoms with van der Waals surface area (Å²) < 4.78 is 25.5. The lowest BCUT2D eigenvalue weighted by Gasteiger charge is -2.39. The van der Waals surface area contributed by atoms with Gasteiger partial charge in [-0.05, 0) is 32.9 Å². The van der Waals surface area contributed by atoms with Crippen molar-refractivity contribution in [3.63, 3.8) is 0 Å². The maximum Gasteiger partial charge on any atom is 0.410 e. The van der Waals surface area contributed by atoms with Crippen molar-refractivity contribution < 1.29 is 18.7 Å². The van der Waals surface area contributed by atoms with Gasteiger partial charge in [0, 0.05) is 25.1 Å². The van der Waals surface area contributed by atoms with Gasteiger partial charge in [0.05, 0.1) is 34.1 Å². The first-order chi connectivity index (χ1) is 15.6. The van der Waals surface area contributed by atoms with E-state index < -0.39 is 11.4 Å². The Balaban J connectivity index is 1.64. The summed E-state index contributed by atoms with van der Waals surface area (Å²) >= 11 is 11.8. The SMILES string of the molecule is COc1cc2ncnc(Nc3ccc(Cl)c(Cl)c3F)c2nc1C1CN(C(=O)OC(C)(C)C)C1. The fourth-order valence-electron chi connectivity index (χ4n) is 3.41. The van der Waals surface area contributed by atoms with Crippen LogP contribution >= 0.6 is 23.2 Å². The summed E-state index contributed by atoms with van der Waals surface area (Å²) in [7, 11) is 1.54. The molecule has 11 heteroatoms. The molecule has 0 bridgehead atoms. The van der Waals surface area contributed by atoms with Crippen LogP contribution in [0.5, 0.6) is 5.75 Å². The number of halogens is 3. The number of likely N-dealkylation sites (tertiary alicyclic amines) is 1. The Bertz CT molecular complexity index is 1230. The summed E-state index contributed by atoms with van der Waals surface area (Å²) in [6, 6.07) is 4.69. The molecule has 1 saturated heterocycles. The molecule has 33 heavy (non-hydrogen) atoms. The zero-order valence-electron chi connectivity index (χ0n) is 18.4. The van der Waals surface area contributed by atoms with Crippen molar-refractivity contribution in [2.24, 2.45) is 0 Å². The molecule has 0 spiro atoms. The van der Waals surface area contributed by atoms with Gasteiger partial charge in [0.15, 0.2) is 11.6 Å². The van der Waals surface area contributed by atoms with Gasteiger partial charge >= 0.3 is 6.09 Å². The van der Waals surface area contributed by atoms with Crippen molar-refractivity contribution in [3.8, 4) is 5.75 Å². The molecule has 0 radical (unpaired) electrons. The highest BCUT2D eigenvalue weighted by Gasteiger charge is 2.37. The van der Waals surface area contributed by atoms with E-state index in [2.05, 4.69) is 15.3 Å². The molecular weight excluding hydrogens is 472 g/mol. The van der Waals surface area contributed by atoms with Crippen LogP contribution in [-0.4, -0.2) is 51.7 Å². The van der Waals surface area contributed by atoms with Gasteiger partial charge in [-0.25, -0.2) is 24.1 Å². The highest BCUT2D eigenvalue weighted by atomic mass is 35.5. The normalized spacial score (nSPS) is 14.2. The summed E-state index contributed by atoms with van der Waals surface area (Å²) in [6.45, 7) is 6.33. The van der Waals surface area contributed by atoms with E-state index in [1.807, 2.05) is 20.8 Å². The van der Waals surface area contributed by atoms with Crippen LogP contribution in [0.3, 0.4) is 0 Å². The Hall–Kier alpha value is -2.91. The zero-order valence-corrected chi connectivity index (χ0v) is 20.0. The van der Waals surface area contributed by atoms with Gasteiger partial charge in [0.25, 0.3) is 0 Å². The van der Waals surface area contributed by atoms with Crippen LogP contribution in [0.4, 0.5) is 20.7 Å². The zero-order chi connectivity index (χ0) is 23.9. The van der Waals surface area contributed by atoms with Gasteiger partial charge in [0.2, 0.25) is 0 Å². The molecule has 1 amide bonds. The van der Waals surface area contributed by atoms with Crippen LogP contribution in [0.2, 0.25) is 10.0 Å². The monoisotopic (exact) mass is 493 g/mol. The van der Waals surface area contributed by atoms with Crippen molar-refractivity contribution in [3.05, 3.63) is 46.1 Å². The third-order valence-corrected chi connectivity index (χ3v) is 5.81. The number of carbonyl (C=O) groups is 1. The number of carbonyl (C=O) groups excluding carboxylic acids is 1. The lowest BCUT2D eigenvalue weighted by Crippen LogP contribution is -2.50. The molecule has 0 aliphatic carbocycles. The number of ether oxygens (including phenoxy) is 2. The fourth-order valence-corrected chi connectivity index (χ4v) is 3.72. The minimum atomic E-state index is -0.698. The molecule has 1 fully saturated rings. The first-order valence-electron chi connectivity index (χ1n) is 10.2. The van der Waals surface area contributed by atoms with Crippen molar-refractivity contribution in [2.75, 3.05) is 25.5 Å². The second kappa shape index (κ2) is 8.79. The molecule has 0 unspecified atom stereocenters. The summed E-state index contributed by atoms with van der Waals surface area (Å²) in [5, 5.41) is 2.84. The van der Waals surface area contributed by atoms with Crippen molar-refractivity contribution in [2.45, 2.75) is 32.3 Å². The van der Waals surface area contributed by atoms with Crippen LogP contribution in [0.25, 0.3) is 11.0 Å². The number of hydrogen-bond donors (Lipinski definition) is 1. The van der Waals surface area contributed by atoms with Crippen LogP contribution in [0, 0.1) is 5.82 Å². The minimum Gasteiger partial charge on any atom is -0.495 e. The molecule has 1 aliphatic heterocycles. The van der Waals surface area contributed by atoms with Crippen molar-refractivity contribution in [1.82, 2.24) is 19.9 Å². The number of rotatable bonds is 4. The summed E-state index contributed by atoms with van der Waals surface area (Å²) in [4.78, 5) is 27.1. The van der Waals surface area contributed by atoms with Gasteiger partial charge in [0.1, 0.15) is 23.2 Å². The Morgan fingerprint density at radius 3 is 2.64 bits per heavy atom. The number of methoxy groups -OCH3 is 1. The minimum absolute atomic E-state index is 0.0633. The third kappa shape index (κ3) is 4.74. The Labute approximate surface area is 200 Å². The van der Waals surface area contributed by atoms with E-state index in [0.29, 0.717) is 41.4 Å². The standard InChI is InChI=1S/C22H22Cl2FN5O3/c1-22(2,3)33-21(31)30-8-11(9-30)18-15(32-4)7-14-19(29-18)20(27-10-26-14)28-13-6-5-12(23)16(24)17(13)25/h5-7,10-11H,8-9H2,1-4H3,(H,26,27,28). The molecule has 1 aliphatic rings. The first-order valence-corrected chi connectivity index (χ1v) is 10.9. The predicted octanol–water partition coefficient (Wildman–Crippen LogP) is 5.56. The van der Waals surface area contributed by atoms with Crippen LogP contribution in [0.15, 0.2) is 24.5 Å². The van der Waals surface area contributed by atoms with Gasteiger partial charge < -0.3 is 19.7 Å². The number of anilines is 2. The fraction of sp³-hybridized carbons (Fsp3) is 0.364. The van der Waals surface area contributed by atoms with E-state index in [4.69, 9.17) is 37.7 Å². The van der Waals surface area contributed by atoms with E-state index in [1.165, 1.54) is 18.5 Å². The number of hydrogen-bond acceptors (Lipinski definition) is 7. The Morgan fingerprint density at radius 2 is 1.97 bits per heavy atom. The largest absolute Gasteiger partial charge is 0.495 e. The van der Waals surface area contributed by atoms with Gasteiger partial charge in [-0.1, -0.05) is 23.2 Å². The smallest absolute Gasteiger partial charge is 0.410 e. The van der Waals surface area contributed by atoms with Crippen LogP contribution in [-0.2, 0) is 4.74 Å². The molecule has 8 nitrogen and oxygen atoms in total. The van der Waals surface area contributed by atoms with Gasteiger partial charge in [-0.2, -0.15) is 0 Å². The van der Waals surface area contributed by atoms with Crippen LogP contribution in [0.1, 0.15) is 32.4 Å². The second-order valence-corrected chi connectivity index (χ2v) is 9.38. The first kappa shape index (κ1) is 23.3. The summed E-state index contributed by atoms with van der Waals surface area (Å²) in [5.74, 6) is 0.0783. The molecular formula is C22H22Cl2FN5O3. The molecule has 1 aromatic carbocycles. The average molecular weight is 494 g/mol. The predicted molar refractivity (Wildman–Crippen MR) is 124 cm³/mol. The van der Waals surface area contributed by atoms with E-state index in [-0.39, 0.29) is 27.7 Å². The topological polar surface area (TPSA) is 89.5 Å². The maximum atomic E-state index is 14.6. The number of pyridine rings is 1. The molecule has 0 atom stereocenters. The molecule has 174 valence electrons. The number of amides is 1. The Kier molecular flexibility index (Phi) is 6.20. The Morgan fingerprint density at radius 1 is 1.24 bits per heavy atom. The summed E-state index contributed by atoms with van der Waals surface area (Å²) in [6.07, 6.45) is 0.966. The molecule has 2 aromatic heterocycles. The highest BCUT2D eigenvalue weighted by Crippen LogP contribution is 2.37. The lowest BCUT2D eigenvalue weighted by atomic mass is 9.95. The maximum absolute atomic E-state index is 14.6. The number of fused-ring (bicyclic) bond motifs is 1. The van der Waals surface area contributed by atoms with Crippen molar-refractivity contribution in [1.29, 1.82) is 0 Å². The molecule has 1 N–H and O–H groups in total. The van der Waals surface area contributed by atoms with Crippen LogP contribution < -0.4 is 10.1 Å². The quantitative estimate of drug-likeness (QED) is 0.475. The number of benzene rings is 1. The van der Waals surface area contributed by atoms with Gasteiger partial charge in [-0.3, -0.25) is 0 Å². The molecule has 3 heterocycles. The van der Waals surface area contributed by atoms with Crippen molar-refractivity contribution >= 4 is 51.8 Å². The van der Waals surface area contributed by atoms with E-state index >= 15 is 0 Å². The number of aromatic nitrogens is 3. The lowest BCUT2D eigenvalue weighted by molar-refractivity contribution is 0.00769. The molecule has 0 saturated carbocycles. The van der Waals surface area contributed by atoms with E-state index in [9.17, 15) is 9.18 Å². The molecule has 4 rings (SSSR count). The summed E-state index contributed by atoms with van der Waals surface area (Å²) in [5.41, 5.74) is 1.12. The molecule has 3 aromatic rings. The number of nitrogens with one attached hydrogen (secondary N) is 1. The third-order valence-electron chi connectivity index (χ3n) is 5.03. The highest BCUT2D eigenvalue weighted by molar-refractivity contribution is 6.42. The van der Waals surface area contributed by atoms with E-state index in [0.717, 1.165) is 0 Å². The van der Waals surface area contributed by atoms with Gasteiger partial charge in [-0.15, -0.1) is 0 Å². The number of nitrogens with zero attached hydrogens (tertiary/aromatic N) is 4. The second-order valence-electron chi connectivity index (χ2n) is 8.60. The average Bonchev–Trinajstić information content (AvgIpc) is 2.71.